The summed E-state index contributed by atoms with van der Waals surface area (Å²) in [7, 11) is 0. The summed E-state index contributed by atoms with van der Waals surface area (Å²) in [5.41, 5.74) is 1.90. The van der Waals surface area contributed by atoms with E-state index in [9.17, 15) is 10.1 Å². The van der Waals surface area contributed by atoms with Crippen molar-refractivity contribution in [3.63, 3.8) is 0 Å². The number of hydrogen-bond donors (Lipinski definition) is 2. The van der Waals surface area contributed by atoms with Crippen LogP contribution in [0.1, 0.15) is 28.1 Å². The summed E-state index contributed by atoms with van der Waals surface area (Å²) in [5, 5.41) is 18.3. The molecule has 0 unspecified atom stereocenters. The quantitative estimate of drug-likeness (QED) is 0.363. The third kappa shape index (κ3) is 5.02. The molecule has 0 aliphatic carbocycles. The molecule has 1 aromatic carbocycles. The van der Waals surface area contributed by atoms with Crippen LogP contribution in [-0.4, -0.2) is 22.4 Å². The molecule has 128 valence electrons. The summed E-state index contributed by atoms with van der Waals surface area (Å²) in [6, 6.07) is 6.53. The van der Waals surface area contributed by atoms with Gasteiger partial charge in [-0.3, -0.25) is 10.1 Å². The average Bonchev–Trinajstić information content (AvgIpc) is 2.88. The van der Waals surface area contributed by atoms with E-state index in [0.29, 0.717) is 19.0 Å². The second-order valence-electron chi connectivity index (χ2n) is 5.22. The number of thiazole rings is 1. The van der Waals surface area contributed by atoms with Gasteiger partial charge in [0, 0.05) is 23.6 Å². The molecule has 2 rings (SSSR count). The van der Waals surface area contributed by atoms with E-state index in [1.807, 2.05) is 26.8 Å². The van der Waals surface area contributed by atoms with Gasteiger partial charge >= 0.3 is 0 Å². The minimum Gasteiger partial charge on any atom is -0.357 e. The van der Waals surface area contributed by atoms with Crippen LogP contribution in [0, 0.1) is 24.0 Å². The molecule has 0 aliphatic rings. The van der Waals surface area contributed by atoms with Gasteiger partial charge in [0.2, 0.25) is 0 Å². The summed E-state index contributed by atoms with van der Waals surface area (Å²) in [6.07, 6.45) is 0. The van der Waals surface area contributed by atoms with E-state index in [1.54, 1.807) is 23.5 Å². The van der Waals surface area contributed by atoms with Crippen LogP contribution in [0.4, 0.5) is 5.69 Å². The number of aliphatic imine (C=N–C) groups is 1. The average molecular weight is 347 g/mol. The van der Waals surface area contributed by atoms with Gasteiger partial charge in [-0.1, -0.05) is 12.1 Å². The molecule has 0 fully saturated rings. The minimum atomic E-state index is -0.397. The van der Waals surface area contributed by atoms with Crippen LogP contribution in [0.25, 0.3) is 0 Å². The Hall–Kier alpha value is -2.48. The van der Waals surface area contributed by atoms with Crippen molar-refractivity contribution < 1.29 is 4.92 Å². The number of benzene rings is 1. The largest absolute Gasteiger partial charge is 0.357 e. The molecule has 0 radical (unpaired) electrons. The van der Waals surface area contributed by atoms with Gasteiger partial charge in [-0.2, -0.15) is 0 Å². The van der Waals surface area contributed by atoms with Crippen molar-refractivity contribution in [3.8, 4) is 0 Å². The number of aromatic nitrogens is 1. The highest BCUT2D eigenvalue weighted by Crippen LogP contribution is 2.16. The molecule has 0 spiro atoms. The van der Waals surface area contributed by atoms with Crippen molar-refractivity contribution in [2.45, 2.75) is 33.9 Å². The van der Waals surface area contributed by atoms with Crippen molar-refractivity contribution in [3.05, 3.63) is 55.5 Å². The van der Waals surface area contributed by atoms with Crippen molar-refractivity contribution in [2.75, 3.05) is 6.54 Å². The summed E-state index contributed by atoms with van der Waals surface area (Å²) >= 11 is 1.66. The standard InChI is InChI=1S/C16H21N5O2S/c1-4-17-16(19-10-15-11(2)20-12(3)24-15)18-9-13-6-5-7-14(8-13)21(22)23/h5-8H,4,9-10H2,1-3H3,(H2,17,18,19). The Kier molecular flexibility index (Phi) is 6.25. The Morgan fingerprint density at radius 1 is 1.38 bits per heavy atom. The molecule has 2 aromatic rings. The van der Waals surface area contributed by atoms with E-state index in [-0.39, 0.29) is 5.69 Å². The molecule has 1 heterocycles. The first-order chi connectivity index (χ1) is 11.5. The van der Waals surface area contributed by atoms with Gasteiger partial charge in [0.05, 0.1) is 28.7 Å². The molecule has 0 bridgehead atoms. The third-order valence-electron chi connectivity index (χ3n) is 3.30. The Labute approximate surface area is 145 Å². The van der Waals surface area contributed by atoms with Crippen LogP contribution in [0.15, 0.2) is 29.3 Å². The SMILES string of the molecule is CCNC(=NCc1cccc([N+](=O)[O-])c1)NCc1sc(C)nc1C. The van der Waals surface area contributed by atoms with Gasteiger partial charge < -0.3 is 10.6 Å². The first-order valence-corrected chi connectivity index (χ1v) is 8.49. The maximum atomic E-state index is 10.8. The molecule has 0 aliphatic heterocycles. The van der Waals surface area contributed by atoms with E-state index in [0.717, 1.165) is 22.8 Å². The maximum Gasteiger partial charge on any atom is 0.269 e. The number of aryl methyl sites for hydroxylation is 2. The number of guanidine groups is 1. The lowest BCUT2D eigenvalue weighted by Crippen LogP contribution is -2.36. The fourth-order valence-electron chi connectivity index (χ4n) is 2.18. The molecule has 7 nitrogen and oxygen atoms in total. The van der Waals surface area contributed by atoms with E-state index in [2.05, 4.69) is 20.6 Å². The van der Waals surface area contributed by atoms with Crippen molar-refractivity contribution in [1.82, 2.24) is 15.6 Å². The number of hydrogen-bond acceptors (Lipinski definition) is 5. The van der Waals surface area contributed by atoms with E-state index < -0.39 is 4.92 Å². The van der Waals surface area contributed by atoms with Gasteiger partial charge in [-0.05, 0) is 26.3 Å². The van der Waals surface area contributed by atoms with Crippen LogP contribution < -0.4 is 10.6 Å². The number of rotatable bonds is 6. The minimum absolute atomic E-state index is 0.0800. The fourth-order valence-corrected chi connectivity index (χ4v) is 3.06. The second-order valence-corrected chi connectivity index (χ2v) is 6.50. The molecule has 0 saturated carbocycles. The summed E-state index contributed by atoms with van der Waals surface area (Å²) in [5.74, 6) is 0.675. The van der Waals surface area contributed by atoms with Crippen LogP contribution in [0.3, 0.4) is 0 Å². The molecule has 1 aromatic heterocycles. The normalized spacial score (nSPS) is 11.4. The maximum absolute atomic E-state index is 10.8. The highest BCUT2D eigenvalue weighted by Gasteiger charge is 2.07. The van der Waals surface area contributed by atoms with Crippen LogP contribution in [-0.2, 0) is 13.1 Å². The lowest BCUT2D eigenvalue weighted by molar-refractivity contribution is -0.384. The molecule has 2 N–H and O–H groups in total. The molecule has 0 atom stereocenters. The number of nitrogens with one attached hydrogen (secondary N) is 2. The van der Waals surface area contributed by atoms with Crippen LogP contribution in [0.2, 0.25) is 0 Å². The molecular weight excluding hydrogens is 326 g/mol. The Morgan fingerprint density at radius 3 is 2.79 bits per heavy atom. The predicted molar refractivity (Wildman–Crippen MR) is 96.3 cm³/mol. The van der Waals surface area contributed by atoms with Gasteiger partial charge in [0.15, 0.2) is 5.96 Å². The van der Waals surface area contributed by atoms with E-state index >= 15 is 0 Å². The lowest BCUT2D eigenvalue weighted by atomic mass is 10.2. The number of non-ortho nitro benzene ring substituents is 1. The van der Waals surface area contributed by atoms with E-state index in [1.165, 1.54) is 10.9 Å². The van der Waals surface area contributed by atoms with Gasteiger partial charge in [-0.25, -0.2) is 9.98 Å². The second kappa shape index (κ2) is 8.39. The zero-order valence-corrected chi connectivity index (χ0v) is 14.8. The Bertz CT molecular complexity index is 742. The predicted octanol–water partition coefficient (Wildman–Crippen LogP) is 2.92. The topological polar surface area (TPSA) is 92.5 Å². The third-order valence-corrected chi connectivity index (χ3v) is 4.37. The summed E-state index contributed by atoms with van der Waals surface area (Å²) < 4.78 is 0. The number of nitrogens with zero attached hydrogens (tertiary/aromatic N) is 3. The zero-order valence-electron chi connectivity index (χ0n) is 14.0. The first-order valence-electron chi connectivity index (χ1n) is 7.68. The smallest absolute Gasteiger partial charge is 0.269 e. The van der Waals surface area contributed by atoms with Gasteiger partial charge in [0.1, 0.15) is 0 Å². The molecule has 24 heavy (non-hydrogen) atoms. The van der Waals surface area contributed by atoms with Crippen LogP contribution >= 0.6 is 11.3 Å². The Balaban J connectivity index is 2.03. The Morgan fingerprint density at radius 2 is 2.17 bits per heavy atom. The lowest BCUT2D eigenvalue weighted by Gasteiger charge is -2.10. The molecule has 8 heteroatoms. The number of nitro benzene ring substituents is 1. The van der Waals surface area contributed by atoms with Crippen molar-refractivity contribution in [2.24, 2.45) is 4.99 Å². The fraction of sp³-hybridized carbons (Fsp3) is 0.375. The van der Waals surface area contributed by atoms with Gasteiger partial charge in [0.25, 0.3) is 5.69 Å². The van der Waals surface area contributed by atoms with Crippen molar-refractivity contribution >= 4 is 23.0 Å². The monoisotopic (exact) mass is 347 g/mol. The van der Waals surface area contributed by atoms with E-state index in [4.69, 9.17) is 0 Å². The zero-order chi connectivity index (χ0) is 17.5. The highest BCUT2D eigenvalue weighted by molar-refractivity contribution is 7.11. The summed E-state index contributed by atoms with van der Waals surface area (Å²) in [6.45, 7) is 7.74. The van der Waals surface area contributed by atoms with Crippen molar-refractivity contribution in [1.29, 1.82) is 0 Å². The molecule has 0 saturated heterocycles. The number of nitro groups is 1. The van der Waals surface area contributed by atoms with Crippen LogP contribution in [0.5, 0.6) is 0 Å². The summed E-state index contributed by atoms with van der Waals surface area (Å²) in [4.78, 5) is 20.5. The first kappa shape index (κ1) is 17.9. The van der Waals surface area contributed by atoms with Gasteiger partial charge in [-0.15, -0.1) is 11.3 Å². The molecule has 0 amide bonds. The highest BCUT2D eigenvalue weighted by atomic mass is 32.1. The molecular formula is C16H21N5O2S.